The van der Waals surface area contributed by atoms with Gasteiger partial charge in [0.05, 0.1) is 22.8 Å². The standard InChI is InChI=1S/2C15H15N3S2.Ni/c2*1-12(14-9-5-6-10-16-14)17-18-15(19)20-11-13-7-3-2-4-8-13;/h2*2-10H,11H2,1H3,(H,18,19);. The Bertz CT molecular complexity index is 1280. The maximum absolute atomic E-state index is 5.25. The van der Waals surface area contributed by atoms with Gasteiger partial charge in [-0.15, -0.1) is 0 Å². The molecular formula is C30H30N6NiS4. The van der Waals surface area contributed by atoms with Crippen molar-refractivity contribution in [1.82, 2.24) is 20.8 Å². The van der Waals surface area contributed by atoms with E-state index in [0.717, 1.165) is 34.3 Å². The normalized spacial score (nSPS) is 10.9. The van der Waals surface area contributed by atoms with Crippen LogP contribution in [0.2, 0.25) is 0 Å². The van der Waals surface area contributed by atoms with E-state index in [4.69, 9.17) is 24.4 Å². The van der Waals surface area contributed by atoms with Crippen molar-refractivity contribution in [2.45, 2.75) is 25.4 Å². The van der Waals surface area contributed by atoms with Gasteiger partial charge >= 0.3 is 0 Å². The molecule has 0 radical (unpaired) electrons. The summed E-state index contributed by atoms with van der Waals surface area (Å²) in [5.41, 5.74) is 11.6. The summed E-state index contributed by atoms with van der Waals surface area (Å²) in [7, 11) is 0. The fourth-order valence-electron chi connectivity index (χ4n) is 3.04. The van der Waals surface area contributed by atoms with E-state index < -0.39 is 0 Å². The second-order valence-corrected chi connectivity index (χ2v) is 11.5. The van der Waals surface area contributed by atoms with E-state index >= 15 is 0 Å². The molecule has 4 rings (SSSR count). The molecule has 214 valence electrons. The first-order valence-corrected chi connectivity index (χ1v) is 15.1. The summed E-state index contributed by atoms with van der Waals surface area (Å²) in [5.74, 6) is 1.68. The van der Waals surface area contributed by atoms with Crippen molar-refractivity contribution in [3.05, 3.63) is 132 Å². The predicted octanol–water partition coefficient (Wildman–Crippen LogP) is 7.22. The summed E-state index contributed by atoms with van der Waals surface area (Å²) >= 11 is 13.6. The molecule has 6 nitrogen and oxygen atoms in total. The van der Waals surface area contributed by atoms with Crippen LogP contribution in [0.1, 0.15) is 36.4 Å². The maximum Gasteiger partial charge on any atom is 0.154 e. The van der Waals surface area contributed by atoms with E-state index in [1.165, 1.54) is 11.1 Å². The number of hydrogen-bond acceptors (Lipinski definition) is 8. The van der Waals surface area contributed by atoms with Crippen LogP contribution in [0.3, 0.4) is 0 Å². The number of thioether (sulfide) groups is 2. The van der Waals surface area contributed by atoms with Crippen molar-refractivity contribution in [3.8, 4) is 0 Å². The van der Waals surface area contributed by atoms with Crippen LogP contribution >= 0.6 is 48.0 Å². The van der Waals surface area contributed by atoms with Crippen LogP contribution < -0.4 is 10.9 Å². The van der Waals surface area contributed by atoms with E-state index in [2.05, 4.69) is 55.3 Å². The Morgan fingerprint density at radius 3 is 1.32 bits per heavy atom. The molecule has 2 N–H and O–H groups in total. The molecule has 0 amide bonds. The largest absolute Gasteiger partial charge is 0.262 e. The molecular weight excluding hydrogens is 631 g/mol. The molecule has 0 unspecified atom stereocenters. The summed E-state index contributed by atoms with van der Waals surface area (Å²) in [6.07, 6.45) is 3.49. The molecule has 0 atom stereocenters. The number of nitrogens with zero attached hydrogens (tertiary/aromatic N) is 4. The Balaban J connectivity index is 0.000000280. The number of hydrazone groups is 2. The molecule has 0 aliphatic rings. The van der Waals surface area contributed by atoms with E-state index in [1.807, 2.05) is 86.6 Å². The molecule has 0 fully saturated rings. The third-order valence-corrected chi connectivity index (χ3v) is 7.68. The van der Waals surface area contributed by atoms with E-state index in [1.54, 1.807) is 35.9 Å². The third kappa shape index (κ3) is 14.0. The Hall–Kier alpha value is -2.95. The zero-order valence-electron chi connectivity index (χ0n) is 22.5. The SMILES string of the molecule is CC(=NNC(=S)SCc1ccccc1)c1ccccn1.CC(=NNC(=S)SCc1ccccc1)c1ccccn1.[Ni]. The van der Waals surface area contributed by atoms with Crippen molar-refractivity contribution in [1.29, 1.82) is 0 Å². The molecule has 0 saturated carbocycles. The first-order valence-electron chi connectivity index (χ1n) is 12.4. The number of aromatic nitrogens is 2. The Kier molecular flexibility index (Phi) is 16.7. The zero-order valence-corrected chi connectivity index (χ0v) is 26.8. The number of rotatable bonds is 8. The Morgan fingerprint density at radius 2 is 0.976 bits per heavy atom. The minimum atomic E-state index is 0. The second-order valence-electron chi connectivity index (χ2n) is 8.17. The topological polar surface area (TPSA) is 74.6 Å². The zero-order chi connectivity index (χ0) is 28.4. The second kappa shape index (κ2) is 20.0. The summed E-state index contributed by atoms with van der Waals surface area (Å²) in [6, 6.07) is 31.9. The monoisotopic (exact) mass is 660 g/mol. The van der Waals surface area contributed by atoms with E-state index in [-0.39, 0.29) is 16.5 Å². The van der Waals surface area contributed by atoms with E-state index in [9.17, 15) is 0 Å². The van der Waals surface area contributed by atoms with Gasteiger partial charge in [-0.1, -0.05) is 121 Å². The summed E-state index contributed by atoms with van der Waals surface area (Å²) in [5, 5.41) is 8.50. The third-order valence-electron chi connectivity index (χ3n) is 5.13. The van der Waals surface area contributed by atoms with Gasteiger partial charge in [-0.05, 0) is 49.2 Å². The molecule has 41 heavy (non-hydrogen) atoms. The van der Waals surface area contributed by atoms with Gasteiger partial charge in [0.25, 0.3) is 0 Å². The van der Waals surface area contributed by atoms with Gasteiger partial charge in [0.15, 0.2) is 8.64 Å². The average Bonchev–Trinajstić information content (AvgIpc) is 3.02. The molecule has 2 aromatic heterocycles. The molecule has 4 aromatic rings. The van der Waals surface area contributed by atoms with Crippen LogP contribution in [0.15, 0.2) is 120 Å². The summed E-state index contributed by atoms with van der Waals surface area (Å²) in [4.78, 5) is 8.46. The van der Waals surface area contributed by atoms with Gasteiger partial charge in [0, 0.05) is 40.4 Å². The number of thiocarbonyl (C=S) groups is 2. The molecule has 11 heteroatoms. The first kappa shape index (κ1) is 34.3. The van der Waals surface area contributed by atoms with Crippen molar-refractivity contribution >= 4 is 68.0 Å². The quantitative estimate of drug-likeness (QED) is 0.0888. The van der Waals surface area contributed by atoms with Crippen molar-refractivity contribution in [2.75, 3.05) is 0 Å². The molecule has 0 aliphatic heterocycles. The molecule has 0 bridgehead atoms. The van der Waals surface area contributed by atoms with Gasteiger partial charge in [-0.3, -0.25) is 20.8 Å². The van der Waals surface area contributed by atoms with Gasteiger partial charge in [0.1, 0.15) is 0 Å². The number of benzene rings is 2. The van der Waals surface area contributed by atoms with Gasteiger partial charge in [-0.25, -0.2) is 0 Å². The number of hydrogen-bond donors (Lipinski definition) is 2. The maximum atomic E-state index is 5.25. The van der Waals surface area contributed by atoms with Crippen molar-refractivity contribution in [3.63, 3.8) is 0 Å². The van der Waals surface area contributed by atoms with Crippen LogP contribution in [0.5, 0.6) is 0 Å². The number of nitrogens with one attached hydrogen (secondary N) is 2. The Morgan fingerprint density at radius 1 is 0.610 bits per heavy atom. The summed E-state index contributed by atoms with van der Waals surface area (Å²) < 4.78 is 1.31. The van der Waals surface area contributed by atoms with E-state index in [0.29, 0.717) is 8.64 Å². The van der Waals surface area contributed by atoms with Crippen molar-refractivity contribution in [2.24, 2.45) is 10.2 Å². The minimum absolute atomic E-state index is 0. The average molecular weight is 662 g/mol. The molecule has 2 aromatic carbocycles. The van der Waals surface area contributed by atoms with Crippen LogP contribution in [0.4, 0.5) is 0 Å². The predicted molar refractivity (Wildman–Crippen MR) is 180 cm³/mol. The van der Waals surface area contributed by atoms with Gasteiger partial charge in [0.2, 0.25) is 0 Å². The van der Waals surface area contributed by atoms with Crippen LogP contribution in [-0.4, -0.2) is 30.0 Å². The summed E-state index contributed by atoms with van der Waals surface area (Å²) in [6.45, 7) is 3.81. The van der Waals surface area contributed by atoms with Crippen LogP contribution in [0.25, 0.3) is 0 Å². The molecule has 0 saturated heterocycles. The molecule has 2 heterocycles. The molecule has 0 spiro atoms. The van der Waals surface area contributed by atoms with Crippen LogP contribution in [-0.2, 0) is 28.0 Å². The fraction of sp³-hybridized carbons (Fsp3) is 0.133. The number of pyridine rings is 2. The van der Waals surface area contributed by atoms with Gasteiger partial charge in [-0.2, -0.15) is 10.2 Å². The Labute approximate surface area is 271 Å². The van der Waals surface area contributed by atoms with Crippen molar-refractivity contribution < 1.29 is 16.5 Å². The first-order chi connectivity index (χ1) is 19.5. The smallest absolute Gasteiger partial charge is 0.154 e. The minimum Gasteiger partial charge on any atom is -0.262 e. The van der Waals surface area contributed by atoms with Gasteiger partial charge < -0.3 is 0 Å². The fourth-order valence-corrected chi connectivity index (χ4v) is 4.68. The molecule has 0 aliphatic carbocycles. The van der Waals surface area contributed by atoms with Crippen LogP contribution in [0, 0.1) is 0 Å².